The molecule has 0 saturated carbocycles. The molecule has 2 heterocycles. The number of anilines is 1. The Bertz CT molecular complexity index is 1070. The summed E-state index contributed by atoms with van der Waals surface area (Å²) in [6.07, 6.45) is 0. The lowest BCUT2D eigenvalue weighted by molar-refractivity contribution is -0.128. The van der Waals surface area contributed by atoms with E-state index in [1.165, 1.54) is 23.0 Å². The summed E-state index contributed by atoms with van der Waals surface area (Å²) in [4.78, 5) is 21.4. The highest BCUT2D eigenvalue weighted by atomic mass is 35.5. The highest BCUT2D eigenvalue weighted by molar-refractivity contribution is 7.99. The van der Waals surface area contributed by atoms with Crippen LogP contribution in [0.5, 0.6) is 5.75 Å². The molecule has 1 saturated heterocycles. The number of methoxy groups -OCH3 is 1. The van der Waals surface area contributed by atoms with E-state index in [1.54, 1.807) is 25.3 Å². The van der Waals surface area contributed by atoms with Gasteiger partial charge in [-0.2, -0.15) is 0 Å². The minimum absolute atomic E-state index is 0.0978. The number of ether oxygens (including phenoxy) is 1. The van der Waals surface area contributed by atoms with Crippen molar-refractivity contribution in [3.63, 3.8) is 0 Å². The topological polar surface area (TPSA) is 74.3 Å². The van der Waals surface area contributed by atoms with Gasteiger partial charge in [0.25, 0.3) is 0 Å². The van der Waals surface area contributed by atoms with Gasteiger partial charge in [0.15, 0.2) is 5.82 Å². The molecule has 0 aliphatic carbocycles. The summed E-state index contributed by atoms with van der Waals surface area (Å²) in [5, 5.41) is 8.23. The second-order valence-corrected chi connectivity index (χ2v) is 8.69. The van der Waals surface area contributed by atoms with Gasteiger partial charge in [-0.1, -0.05) is 35.5 Å². The zero-order chi connectivity index (χ0) is 21.8. The maximum Gasteiger partial charge on any atom is 0.233 e. The summed E-state index contributed by atoms with van der Waals surface area (Å²) in [5.74, 6) is 1.61. The number of halogens is 1. The number of H-pyrrole nitrogens is 1. The summed E-state index contributed by atoms with van der Waals surface area (Å²) < 4.78 is 5.37. The number of amides is 1. The van der Waals surface area contributed by atoms with Crippen LogP contribution in [-0.4, -0.2) is 65.0 Å². The summed E-state index contributed by atoms with van der Waals surface area (Å²) in [7, 11) is 1.59. The van der Waals surface area contributed by atoms with Gasteiger partial charge in [-0.05, 0) is 42.8 Å². The van der Waals surface area contributed by atoms with Crippen LogP contribution in [0.3, 0.4) is 0 Å². The molecule has 4 rings (SSSR count). The first kappa shape index (κ1) is 21.5. The van der Waals surface area contributed by atoms with Gasteiger partial charge in [-0.3, -0.25) is 9.89 Å². The summed E-state index contributed by atoms with van der Waals surface area (Å²) >= 11 is 7.42. The molecular formula is C22H24ClN5O2S. The molecule has 1 aliphatic rings. The first-order chi connectivity index (χ1) is 15.0. The molecule has 1 aliphatic heterocycles. The average molecular weight is 458 g/mol. The van der Waals surface area contributed by atoms with Gasteiger partial charge in [-0.25, -0.2) is 4.98 Å². The first-order valence-electron chi connectivity index (χ1n) is 10.0. The SMILES string of the molecule is COc1ccc(Cl)cc1-c1nc(SCC(=O)N2CCN(c3cccc(C)c3)CC2)n[nH]1. The molecule has 0 bridgehead atoms. The minimum atomic E-state index is 0.0978. The molecule has 3 aromatic rings. The maximum absolute atomic E-state index is 12.7. The zero-order valence-corrected chi connectivity index (χ0v) is 19.0. The first-order valence-corrected chi connectivity index (χ1v) is 11.4. The number of benzene rings is 2. The molecule has 7 nitrogen and oxygen atoms in total. The number of nitrogens with one attached hydrogen (secondary N) is 1. The number of carbonyl (C=O) groups excluding carboxylic acids is 1. The van der Waals surface area contributed by atoms with Crippen molar-refractivity contribution >= 4 is 35.0 Å². The number of aromatic nitrogens is 3. The minimum Gasteiger partial charge on any atom is -0.496 e. The van der Waals surface area contributed by atoms with Crippen molar-refractivity contribution in [2.75, 3.05) is 43.9 Å². The van der Waals surface area contributed by atoms with E-state index in [0.717, 1.165) is 18.7 Å². The third-order valence-electron chi connectivity index (χ3n) is 5.21. The highest BCUT2D eigenvalue weighted by Crippen LogP contribution is 2.31. The molecule has 1 aromatic heterocycles. The van der Waals surface area contributed by atoms with Crippen molar-refractivity contribution in [3.05, 3.63) is 53.1 Å². The van der Waals surface area contributed by atoms with Crippen molar-refractivity contribution in [1.82, 2.24) is 20.1 Å². The number of carbonyl (C=O) groups is 1. The molecule has 2 aromatic carbocycles. The molecule has 1 amide bonds. The van der Waals surface area contributed by atoms with Gasteiger partial charge in [0, 0.05) is 36.9 Å². The van der Waals surface area contributed by atoms with Crippen molar-refractivity contribution in [1.29, 1.82) is 0 Å². The van der Waals surface area contributed by atoms with E-state index >= 15 is 0 Å². The van der Waals surface area contributed by atoms with Gasteiger partial charge in [0.2, 0.25) is 11.1 Å². The Balaban J connectivity index is 1.32. The number of thioether (sulfide) groups is 1. The fourth-order valence-corrected chi connectivity index (χ4v) is 4.43. The van der Waals surface area contributed by atoms with E-state index in [0.29, 0.717) is 40.6 Å². The molecule has 0 radical (unpaired) electrons. The van der Waals surface area contributed by atoms with E-state index in [9.17, 15) is 4.79 Å². The van der Waals surface area contributed by atoms with E-state index in [1.807, 2.05) is 4.90 Å². The van der Waals surface area contributed by atoms with Crippen LogP contribution in [0.2, 0.25) is 5.02 Å². The Hall–Kier alpha value is -2.71. The lowest BCUT2D eigenvalue weighted by Gasteiger charge is -2.36. The van der Waals surface area contributed by atoms with Crippen LogP contribution in [0.25, 0.3) is 11.4 Å². The van der Waals surface area contributed by atoms with Crippen LogP contribution in [0.15, 0.2) is 47.6 Å². The number of hydrogen-bond donors (Lipinski definition) is 1. The van der Waals surface area contributed by atoms with Crippen molar-refractivity contribution < 1.29 is 9.53 Å². The Labute approximate surface area is 190 Å². The average Bonchev–Trinajstić information content (AvgIpc) is 3.26. The standard InChI is InChI=1S/C22H24ClN5O2S/c1-15-4-3-5-17(12-15)27-8-10-28(11-9-27)20(29)14-31-22-24-21(25-26-22)18-13-16(23)6-7-19(18)30-2/h3-7,12-13H,8-11,14H2,1-2H3,(H,24,25,26). The summed E-state index contributed by atoms with van der Waals surface area (Å²) in [5.41, 5.74) is 3.19. The van der Waals surface area contributed by atoms with Crippen LogP contribution < -0.4 is 9.64 Å². The van der Waals surface area contributed by atoms with Crippen molar-refractivity contribution in [2.45, 2.75) is 12.1 Å². The molecule has 0 unspecified atom stereocenters. The second-order valence-electron chi connectivity index (χ2n) is 7.31. The molecule has 9 heteroatoms. The number of piperazine rings is 1. The van der Waals surface area contributed by atoms with Crippen LogP contribution in [-0.2, 0) is 4.79 Å². The molecule has 1 fully saturated rings. The lowest BCUT2D eigenvalue weighted by atomic mass is 10.2. The monoisotopic (exact) mass is 457 g/mol. The third kappa shape index (κ3) is 5.14. The van der Waals surface area contributed by atoms with Gasteiger partial charge >= 0.3 is 0 Å². The van der Waals surface area contributed by atoms with E-state index < -0.39 is 0 Å². The van der Waals surface area contributed by atoms with Crippen LogP contribution >= 0.6 is 23.4 Å². The Morgan fingerprint density at radius 2 is 2.00 bits per heavy atom. The predicted molar refractivity (Wildman–Crippen MR) is 124 cm³/mol. The summed E-state index contributed by atoms with van der Waals surface area (Å²) in [6, 6.07) is 13.8. The van der Waals surface area contributed by atoms with Crippen molar-refractivity contribution in [3.8, 4) is 17.1 Å². The van der Waals surface area contributed by atoms with Crippen LogP contribution in [0, 0.1) is 6.92 Å². The molecule has 0 atom stereocenters. The Morgan fingerprint density at radius 1 is 1.19 bits per heavy atom. The van der Waals surface area contributed by atoms with E-state index in [2.05, 4.69) is 51.3 Å². The fraction of sp³-hybridized carbons (Fsp3) is 0.318. The third-order valence-corrected chi connectivity index (χ3v) is 6.27. The largest absolute Gasteiger partial charge is 0.496 e. The van der Waals surface area contributed by atoms with Gasteiger partial charge in [0.05, 0.1) is 18.4 Å². The molecule has 162 valence electrons. The lowest BCUT2D eigenvalue weighted by Crippen LogP contribution is -2.49. The number of nitrogens with zero attached hydrogens (tertiary/aromatic N) is 4. The Morgan fingerprint density at radius 3 is 2.74 bits per heavy atom. The number of rotatable bonds is 6. The normalized spacial score (nSPS) is 14.0. The smallest absolute Gasteiger partial charge is 0.233 e. The molecule has 1 N–H and O–H groups in total. The van der Waals surface area contributed by atoms with Gasteiger partial charge in [0.1, 0.15) is 5.75 Å². The van der Waals surface area contributed by atoms with Crippen molar-refractivity contribution in [2.24, 2.45) is 0 Å². The van der Waals surface area contributed by atoms with E-state index in [4.69, 9.17) is 16.3 Å². The number of aryl methyl sites for hydroxylation is 1. The molecule has 0 spiro atoms. The summed E-state index contributed by atoms with van der Waals surface area (Å²) in [6.45, 7) is 5.19. The Kier molecular flexibility index (Phi) is 6.67. The zero-order valence-electron chi connectivity index (χ0n) is 17.5. The van der Waals surface area contributed by atoms with Gasteiger partial charge < -0.3 is 14.5 Å². The molecular weight excluding hydrogens is 434 g/mol. The maximum atomic E-state index is 12.7. The predicted octanol–water partition coefficient (Wildman–Crippen LogP) is 3.88. The van der Waals surface area contributed by atoms with Gasteiger partial charge in [-0.15, -0.1) is 5.10 Å². The number of aromatic amines is 1. The fourth-order valence-electron chi connectivity index (χ4n) is 3.55. The second kappa shape index (κ2) is 9.62. The molecule has 31 heavy (non-hydrogen) atoms. The van der Waals surface area contributed by atoms with E-state index in [-0.39, 0.29) is 5.91 Å². The van der Waals surface area contributed by atoms with Crippen LogP contribution in [0.1, 0.15) is 5.56 Å². The highest BCUT2D eigenvalue weighted by Gasteiger charge is 2.22. The van der Waals surface area contributed by atoms with Crippen LogP contribution in [0.4, 0.5) is 5.69 Å². The quantitative estimate of drug-likeness (QED) is 0.566. The number of hydrogen-bond acceptors (Lipinski definition) is 6.